The minimum absolute atomic E-state index is 0.0772. The molecule has 3 heterocycles. The standard InChI is InChI=1S/C28H33N11O3S/c1-18-13-24(36-35-18)32-23-14-25(39-11-9-38(10-12-39)17-30-16-20(15-29-2)27(41)37-42)34-28(33-23)43-22-7-5-21(6-8-22)31-26(40)19-3-4-19/h5-8,13-16,19,42H,2-4,9-12,17H2,1H3,(H,31,40)(H,37,41)(H2,32,33,34,35,36)/b20-15+,30-16-. The van der Waals surface area contributed by atoms with Crippen LogP contribution in [0.2, 0.25) is 0 Å². The fraction of sp³-hybridized carbons (Fsp3) is 0.321. The number of H-pyrrole nitrogens is 1. The molecule has 0 spiro atoms. The second-order valence-corrected chi connectivity index (χ2v) is 11.2. The highest BCUT2D eigenvalue weighted by Gasteiger charge is 2.29. The highest BCUT2D eigenvalue weighted by Crippen LogP contribution is 2.32. The molecule has 14 nitrogen and oxygen atoms in total. The Morgan fingerprint density at radius 2 is 1.91 bits per heavy atom. The third-order valence-electron chi connectivity index (χ3n) is 6.74. The third kappa shape index (κ3) is 8.47. The van der Waals surface area contributed by atoms with E-state index in [-0.39, 0.29) is 17.4 Å². The van der Waals surface area contributed by atoms with Crippen LogP contribution in [0, 0.1) is 12.8 Å². The van der Waals surface area contributed by atoms with Crippen molar-refractivity contribution < 1.29 is 14.8 Å². The molecule has 0 atom stereocenters. The van der Waals surface area contributed by atoms with Crippen LogP contribution in [0.4, 0.5) is 23.1 Å². The second kappa shape index (κ2) is 14.0. The van der Waals surface area contributed by atoms with Gasteiger partial charge < -0.3 is 15.5 Å². The second-order valence-electron chi connectivity index (χ2n) is 10.1. The molecule has 43 heavy (non-hydrogen) atoms. The van der Waals surface area contributed by atoms with Gasteiger partial charge >= 0.3 is 0 Å². The smallest absolute Gasteiger partial charge is 0.277 e. The van der Waals surface area contributed by atoms with E-state index in [0.29, 0.717) is 36.6 Å². The molecule has 2 fully saturated rings. The molecular weight excluding hydrogens is 570 g/mol. The van der Waals surface area contributed by atoms with E-state index in [2.05, 4.69) is 47.3 Å². The number of aromatic amines is 1. The monoisotopic (exact) mass is 603 g/mol. The zero-order valence-electron chi connectivity index (χ0n) is 23.7. The number of aromatic nitrogens is 4. The van der Waals surface area contributed by atoms with E-state index in [4.69, 9.17) is 15.2 Å². The molecule has 2 amide bonds. The lowest BCUT2D eigenvalue weighted by Gasteiger charge is -2.34. The minimum Gasteiger partial charge on any atom is -0.354 e. The molecule has 0 radical (unpaired) electrons. The first-order chi connectivity index (χ1) is 20.9. The topological polar surface area (TPSA) is 176 Å². The Labute approximate surface area is 252 Å². The van der Waals surface area contributed by atoms with E-state index in [0.717, 1.165) is 48.0 Å². The number of carbonyl (C=O) groups is 2. The summed E-state index contributed by atoms with van der Waals surface area (Å²) in [6, 6.07) is 11.5. The predicted molar refractivity (Wildman–Crippen MR) is 165 cm³/mol. The van der Waals surface area contributed by atoms with Crippen LogP contribution in [0.15, 0.2) is 68.2 Å². The van der Waals surface area contributed by atoms with E-state index in [1.165, 1.54) is 24.2 Å². The van der Waals surface area contributed by atoms with Gasteiger partial charge in [-0.25, -0.2) is 15.4 Å². The molecule has 5 rings (SSSR count). The largest absolute Gasteiger partial charge is 0.354 e. The van der Waals surface area contributed by atoms with Crippen LogP contribution in [0.25, 0.3) is 0 Å². The van der Waals surface area contributed by atoms with Crippen molar-refractivity contribution in [1.29, 1.82) is 0 Å². The van der Waals surface area contributed by atoms with Crippen molar-refractivity contribution in [3.8, 4) is 0 Å². The van der Waals surface area contributed by atoms with E-state index in [9.17, 15) is 9.59 Å². The first kappa shape index (κ1) is 29.9. The van der Waals surface area contributed by atoms with Crippen LogP contribution in [-0.2, 0) is 9.59 Å². The molecule has 224 valence electrons. The molecule has 0 unspecified atom stereocenters. The lowest BCUT2D eigenvalue weighted by Crippen LogP contribution is -2.46. The van der Waals surface area contributed by atoms with Gasteiger partial charge in [0.05, 0.1) is 12.2 Å². The minimum atomic E-state index is -0.705. The van der Waals surface area contributed by atoms with Gasteiger partial charge in [0.15, 0.2) is 11.0 Å². The van der Waals surface area contributed by atoms with Crippen molar-refractivity contribution >= 4 is 59.6 Å². The molecule has 0 bridgehead atoms. The number of anilines is 4. The molecule has 1 saturated heterocycles. The van der Waals surface area contributed by atoms with Gasteiger partial charge in [-0.05, 0) is 62.5 Å². The summed E-state index contributed by atoms with van der Waals surface area (Å²) in [6.45, 7) is 8.52. The van der Waals surface area contributed by atoms with Gasteiger partial charge in [0.2, 0.25) is 5.91 Å². The quantitative estimate of drug-likeness (QED) is 0.0680. The number of carbonyl (C=O) groups excluding carboxylic acids is 2. The van der Waals surface area contributed by atoms with Crippen molar-refractivity contribution in [2.75, 3.05) is 48.4 Å². The molecule has 5 N–H and O–H groups in total. The Kier molecular flexibility index (Phi) is 9.76. The summed E-state index contributed by atoms with van der Waals surface area (Å²) in [5.74, 6) is 1.58. The van der Waals surface area contributed by atoms with Gasteiger partial charge in [-0.15, -0.1) is 0 Å². The first-order valence-corrected chi connectivity index (χ1v) is 14.6. The fourth-order valence-corrected chi connectivity index (χ4v) is 5.05. The summed E-state index contributed by atoms with van der Waals surface area (Å²) in [5.41, 5.74) is 3.38. The number of hydrogen-bond acceptors (Lipinski definition) is 12. The molecule has 2 aromatic heterocycles. The molecule has 2 aliphatic rings. The van der Waals surface area contributed by atoms with Crippen molar-refractivity contribution in [1.82, 2.24) is 30.5 Å². The zero-order chi connectivity index (χ0) is 30.2. The summed E-state index contributed by atoms with van der Waals surface area (Å²) in [7, 11) is 0. The van der Waals surface area contributed by atoms with Crippen molar-refractivity contribution in [3.05, 3.63) is 53.9 Å². The Bertz CT molecular complexity index is 1510. The summed E-state index contributed by atoms with van der Waals surface area (Å²) in [5, 5.41) is 22.9. The number of piperazine rings is 1. The Balaban J connectivity index is 1.26. The Morgan fingerprint density at radius 1 is 1.14 bits per heavy atom. The van der Waals surface area contributed by atoms with Gasteiger partial charge in [0.1, 0.15) is 11.6 Å². The maximum atomic E-state index is 12.1. The van der Waals surface area contributed by atoms with E-state index >= 15 is 0 Å². The molecule has 15 heteroatoms. The summed E-state index contributed by atoms with van der Waals surface area (Å²) < 4.78 is 0. The third-order valence-corrected chi connectivity index (χ3v) is 7.61. The Hall–Kier alpha value is -4.60. The lowest BCUT2D eigenvalue weighted by atomic mass is 10.3. The van der Waals surface area contributed by atoms with Crippen molar-refractivity contribution in [2.24, 2.45) is 15.9 Å². The highest BCUT2D eigenvalue weighted by molar-refractivity contribution is 7.99. The average Bonchev–Trinajstić information content (AvgIpc) is 3.79. The SMILES string of the molecule is C=N/C=C(\C=N/CN1CCN(c2cc(Nc3cc(C)[nH]n3)nc(Sc3ccc(NC(=O)C4CC4)cc3)n2)CC1)C(=O)NO. The van der Waals surface area contributed by atoms with Crippen LogP contribution in [0.3, 0.4) is 0 Å². The predicted octanol–water partition coefficient (Wildman–Crippen LogP) is 2.99. The number of nitrogens with one attached hydrogen (secondary N) is 4. The number of aryl methyl sites for hydroxylation is 1. The number of nitrogens with zero attached hydrogens (tertiary/aromatic N) is 7. The van der Waals surface area contributed by atoms with Crippen LogP contribution in [-0.4, -0.2) is 87.9 Å². The van der Waals surface area contributed by atoms with Crippen LogP contribution >= 0.6 is 11.8 Å². The normalized spacial score (nSPS) is 15.9. The number of hydroxylamine groups is 1. The molecule has 1 aliphatic carbocycles. The molecule has 1 aromatic carbocycles. The van der Waals surface area contributed by atoms with Gasteiger partial charge in [-0.3, -0.25) is 34.8 Å². The number of amides is 2. The van der Waals surface area contributed by atoms with Crippen molar-refractivity contribution in [3.63, 3.8) is 0 Å². The summed E-state index contributed by atoms with van der Waals surface area (Å²) >= 11 is 1.44. The number of rotatable bonds is 12. The van der Waals surface area contributed by atoms with Crippen LogP contribution < -0.4 is 21.0 Å². The maximum absolute atomic E-state index is 12.1. The average molecular weight is 604 g/mol. The fourth-order valence-electron chi connectivity index (χ4n) is 4.29. The molecular formula is C28H33N11O3S. The van der Waals surface area contributed by atoms with E-state index < -0.39 is 5.91 Å². The van der Waals surface area contributed by atoms with Gasteiger partial charge in [0.25, 0.3) is 5.91 Å². The van der Waals surface area contributed by atoms with Crippen molar-refractivity contribution in [2.45, 2.75) is 29.8 Å². The Morgan fingerprint density at radius 3 is 2.56 bits per heavy atom. The van der Waals surface area contributed by atoms with E-state index in [1.807, 2.05) is 43.3 Å². The molecule has 1 saturated carbocycles. The van der Waals surface area contributed by atoms with Gasteiger partial charge in [0, 0.05) is 72.9 Å². The zero-order valence-corrected chi connectivity index (χ0v) is 24.5. The lowest BCUT2D eigenvalue weighted by molar-refractivity contribution is -0.124. The van der Waals surface area contributed by atoms with Gasteiger partial charge in [-0.1, -0.05) is 0 Å². The first-order valence-electron chi connectivity index (χ1n) is 13.7. The van der Waals surface area contributed by atoms with E-state index in [1.54, 1.807) is 5.48 Å². The molecule has 1 aliphatic heterocycles. The van der Waals surface area contributed by atoms with Crippen LogP contribution in [0.5, 0.6) is 0 Å². The highest BCUT2D eigenvalue weighted by atomic mass is 32.2. The maximum Gasteiger partial charge on any atom is 0.277 e. The summed E-state index contributed by atoms with van der Waals surface area (Å²) in [6.07, 6.45) is 4.52. The molecule has 3 aromatic rings. The number of aliphatic imine (C=N–C) groups is 2. The van der Waals surface area contributed by atoms with Gasteiger partial charge in [-0.2, -0.15) is 5.10 Å². The van der Waals surface area contributed by atoms with Crippen LogP contribution in [0.1, 0.15) is 18.5 Å². The number of benzene rings is 1. The summed E-state index contributed by atoms with van der Waals surface area (Å²) in [4.78, 5) is 46.5. The number of hydrogen-bond donors (Lipinski definition) is 5.